The maximum atomic E-state index is 12.7. The maximum Gasteiger partial charge on any atom is 0.264 e. The van der Waals surface area contributed by atoms with Crippen LogP contribution in [-0.2, 0) is 21.9 Å². The number of nitrogens with zero attached hydrogens (tertiary/aromatic N) is 3. The van der Waals surface area contributed by atoms with Gasteiger partial charge in [0.2, 0.25) is 5.91 Å². The molecule has 1 aliphatic rings. The molecule has 0 unspecified atom stereocenters. The van der Waals surface area contributed by atoms with Gasteiger partial charge >= 0.3 is 0 Å². The van der Waals surface area contributed by atoms with Crippen molar-refractivity contribution in [3.8, 4) is 5.75 Å². The molecule has 4 rings (SSSR count). The third-order valence-electron chi connectivity index (χ3n) is 5.90. The number of carbonyl (C=O) groups is 1. The van der Waals surface area contributed by atoms with Crippen LogP contribution in [0.3, 0.4) is 0 Å². The van der Waals surface area contributed by atoms with Gasteiger partial charge in [0.25, 0.3) is 15.6 Å². The first-order chi connectivity index (χ1) is 15.5. The topological polar surface area (TPSA) is 101 Å². The lowest BCUT2D eigenvalue weighted by Gasteiger charge is -2.38. The number of hydrogen-bond acceptors (Lipinski definition) is 7. The van der Waals surface area contributed by atoms with Crippen LogP contribution in [0.4, 0.5) is 17.1 Å². The van der Waals surface area contributed by atoms with Gasteiger partial charge in [0.15, 0.2) is 0 Å². The van der Waals surface area contributed by atoms with E-state index < -0.39 is 15.9 Å². The summed E-state index contributed by atoms with van der Waals surface area (Å²) in [6.45, 7) is 4.21. The van der Waals surface area contributed by atoms with Gasteiger partial charge in [-0.15, -0.1) is 0 Å². The first kappa shape index (κ1) is 22.7. The van der Waals surface area contributed by atoms with Crippen molar-refractivity contribution < 1.29 is 17.9 Å². The van der Waals surface area contributed by atoms with Crippen LogP contribution in [0.15, 0.2) is 46.1 Å². The molecule has 2 heterocycles. The molecule has 0 aliphatic carbocycles. The molecule has 1 N–H and O–H groups in total. The first-order valence-electron chi connectivity index (χ1n) is 10.4. The van der Waals surface area contributed by atoms with E-state index in [0.717, 1.165) is 23.7 Å². The molecule has 0 fully saturated rings. The number of anilines is 3. The lowest BCUT2D eigenvalue weighted by molar-refractivity contribution is -0.117. The van der Waals surface area contributed by atoms with Crippen LogP contribution in [0.5, 0.6) is 5.75 Å². The van der Waals surface area contributed by atoms with Crippen molar-refractivity contribution in [2.45, 2.75) is 18.7 Å². The number of amides is 1. The number of pyridine rings is 1. The van der Waals surface area contributed by atoms with Crippen molar-refractivity contribution in [2.75, 3.05) is 37.0 Å². The average molecular weight is 471 g/mol. The van der Waals surface area contributed by atoms with Gasteiger partial charge in [-0.2, -0.15) is 0 Å². The number of sulfonamides is 1. The second-order valence-corrected chi connectivity index (χ2v) is 9.84. The minimum Gasteiger partial charge on any atom is -0.497 e. The summed E-state index contributed by atoms with van der Waals surface area (Å²) < 4.78 is 34.5. The molecule has 33 heavy (non-hydrogen) atoms. The van der Waals surface area contributed by atoms with E-state index in [1.807, 2.05) is 39.8 Å². The fourth-order valence-electron chi connectivity index (χ4n) is 4.22. The first-order valence-corrected chi connectivity index (χ1v) is 11.9. The molecule has 3 aromatic rings. The lowest BCUT2D eigenvalue weighted by atomic mass is 10.1. The zero-order valence-electron chi connectivity index (χ0n) is 19.2. The number of aryl methyl sites for hydroxylation is 2. The second-order valence-electron chi connectivity index (χ2n) is 8.16. The molecule has 9 nitrogen and oxygen atoms in total. The van der Waals surface area contributed by atoms with Gasteiger partial charge in [-0.3, -0.25) is 9.59 Å². The zero-order valence-corrected chi connectivity index (χ0v) is 20.0. The van der Waals surface area contributed by atoms with E-state index in [-0.39, 0.29) is 10.5 Å². The van der Waals surface area contributed by atoms with E-state index in [1.165, 1.54) is 6.07 Å². The van der Waals surface area contributed by atoms with E-state index in [9.17, 15) is 18.0 Å². The highest BCUT2D eigenvalue weighted by atomic mass is 32.2. The predicted octanol–water partition coefficient (Wildman–Crippen LogP) is 2.27. The quantitative estimate of drug-likeness (QED) is 0.624. The van der Waals surface area contributed by atoms with E-state index in [0.29, 0.717) is 35.6 Å². The number of rotatable bonds is 4. The fourth-order valence-corrected chi connectivity index (χ4v) is 5.23. The Morgan fingerprint density at radius 2 is 1.76 bits per heavy atom. The van der Waals surface area contributed by atoms with Crippen LogP contribution in [0.1, 0.15) is 12.5 Å². The van der Waals surface area contributed by atoms with Gasteiger partial charge in [-0.05, 0) is 31.2 Å². The molecule has 1 aliphatic heterocycles. The number of benzene rings is 2. The molecule has 0 saturated heterocycles. The number of fused-ring (bicyclic) bond motifs is 2. The smallest absolute Gasteiger partial charge is 0.264 e. The Morgan fingerprint density at radius 3 is 2.42 bits per heavy atom. The molecule has 1 aromatic heterocycles. The second kappa shape index (κ2) is 8.11. The number of methoxy groups -OCH3 is 1. The summed E-state index contributed by atoms with van der Waals surface area (Å²) in [5.74, 6) is -0.0734. The summed E-state index contributed by atoms with van der Waals surface area (Å²) in [6, 6.07) is 10.3. The number of ether oxygens (including phenoxy) is 1. The van der Waals surface area contributed by atoms with Crippen molar-refractivity contribution >= 4 is 43.9 Å². The van der Waals surface area contributed by atoms with Crippen LogP contribution in [0.25, 0.3) is 10.9 Å². The highest BCUT2D eigenvalue weighted by Gasteiger charge is 2.27. The maximum absolute atomic E-state index is 12.7. The summed E-state index contributed by atoms with van der Waals surface area (Å²) in [5.41, 5.74) is 3.54. The number of nitrogens with one attached hydrogen (secondary N) is 1. The van der Waals surface area contributed by atoms with Crippen LogP contribution in [0.2, 0.25) is 0 Å². The van der Waals surface area contributed by atoms with Crippen LogP contribution in [0, 0.1) is 6.92 Å². The molecule has 174 valence electrons. The molecule has 0 saturated carbocycles. The summed E-state index contributed by atoms with van der Waals surface area (Å²) in [6.07, 6.45) is 0. The van der Waals surface area contributed by atoms with E-state index in [2.05, 4.69) is 0 Å². The molecule has 0 radical (unpaired) electrons. The van der Waals surface area contributed by atoms with Crippen LogP contribution < -0.4 is 24.8 Å². The summed E-state index contributed by atoms with van der Waals surface area (Å²) in [7, 11) is 1.22. The van der Waals surface area contributed by atoms with Gasteiger partial charge in [0.05, 0.1) is 34.6 Å². The van der Waals surface area contributed by atoms with Gasteiger partial charge in [0, 0.05) is 57.2 Å². The monoisotopic (exact) mass is 470 g/mol. The van der Waals surface area contributed by atoms with Gasteiger partial charge in [-0.25, -0.2) is 13.1 Å². The van der Waals surface area contributed by atoms with Crippen molar-refractivity contribution in [1.82, 2.24) is 9.29 Å². The van der Waals surface area contributed by atoms with Crippen molar-refractivity contribution in [1.29, 1.82) is 0 Å². The van der Waals surface area contributed by atoms with E-state index in [4.69, 9.17) is 4.74 Å². The number of likely N-dealkylation sites (N-methyl/N-ethyl adjacent to an activating group) is 1. The minimum absolute atomic E-state index is 0.00691. The Kier molecular flexibility index (Phi) is 5.57. The highest BCUT2D eigenvalue weighted by Crippen LogP contribution is 2.42. The normalized spacial score (nSPS) is 13.7. The van der Waals surface area contributed by atoms with Gasteiger partial charge < -0.3 is 19.1 Å². The summed E-state index contributed by atoms with van der Waals surface area (Å²) >= 11 is 0. The Labute approximate surface area is 192 Å². The Bertz CT molecular complexity index is 1450. The summed E-state index contributed by atoms with van der Waals surface area (Å²) in [5, 5.41) is 0.848. The number of aromatic nitrogens is 1. The lowest BCUT2D eigenvalue weighted by Crippen LogP contribution is -2.37. The molecule has 0 spiro atoms. The van der Waals surface area contributed by atoms with Crippen molar-refractivity contribution in [3.63, 3.8) is 0 Å². The largest absolute Gasteiger partial charge is 0.497 e. The Balaban J connectivity index is 1.99. The average Bonchev–Trinajstić information content (AvgIpc) is 2.76. The van der Waals surface area contributed by atoms with Gasteiger partial charge in [-0.1, -0.05) is 0 Å². The van der Waals surface area contributed by atoms with Gasteiger partial charge in [0.1, 0.15) is 5.75 Å². The predicted molar refractivity (Wildman–Crippen MR) is 128 cm³/mol. The third kappa shape index (κ3) is 3.91. The minimum atomic E-state index is -4.01. The third-order valence-corrected chi connectivity index (χ3v) is 7.33. The molecule has 0 bridgehead atoms. The highest BCUT2D eigenvalue weighted by molar-refractivity contribution is 7.90. The number of carbonyl (C=O) groups excluding carboxylic acids is 1. The van der Waals surface area contributed by atoms with Crippen molar-refractivity contribution in [3.05, 3.63) is 52.3 Å². The SMILES string of the molecule is COc1cc(N2CCN(C)c3ccc(S(=O)(=O)NC(C)=O)cc32)c2cc(C)c(=O)n(C)c2c1. The van der Waals surface area contributed by atoms with E-state index in [1.54, 1.807) is 37.8 Å². The summed E-state index contributed by atoms with van der Waals surface area (Å²) in [4.78, 5) is 28.0. The molecule has 10 heteroatoms. The van der Waals surface area contributed by atoms with Crippen LogP contribution in [-0.4, -0.2) is 46.1 Å². The van der Waals surface area contributed by atoms with Crippen LogP contribution >= 0.6 is 0 Å². The molecule has 2 aromatic carbocycles. The number of hydrogen-bond donors (Lipinski definition) is 1. The standard InChI is InChI=1S/C23H26N4O5S/c1-14-10-18-20(26(4)23(14)29)11-16(32-5)12-21(18)27-9-8-25(3)19-7-6-17(13-22(19)27)33(30,31)24-15(2)28/h6-7,10-13H,8-9H2,1-5H3,(H,24,28). The van der Waals surface area contributed by atoms with Crippen molar-refractivity contribution in [2.24, 2.45) is 7.05 Å². The fraction of sp³-hybridized carbons (Fsp3) is 0.304. The Morgan fingerprint density at radius 1 is 1.03 bits per heavy atom. The molecule has 0 atom stereocenters. The zero-order chi connectivity index (χ0) is 24.1. The molecule has 1 amide bonds. The molecular weight excluding hydrogens is 444 g/mol. The molecular formula is C23H26N4O5S. The van der Waals surface area contributed by atoms with E-state index >= 15 is 0 Å². The Hall–Kier alpha value is -3.53.